The first-order valence-electron chi connectivity index (χ1n) is 4.00. The maximum absolute atomic E-state index is 5.78. The third kappa shape index (κ3) is 1.46. The van der Waals surface area contributed by atoms with Crippen LogP contribution in [0.5, 0.6) is 0 Å². The molecule has 0 bridgehead atoms. The molecule has 2 nitrogen and oxygen atoms in total. The summed E-state index contributed by atoms with van der Waals surface area (Å²) in [4.78, 5) is 7.57. The number of benzene rings is 1. The number of aromatic amines is 1. The molecule has 1 heterocycles. The number of hydrogen-bond acceptors (Lipinski definition) is 2. The Balaban J connectivity index is 2.70. The predicted molar refractivity (Wildman–Crippen MR) is 58.0 cm³/mol. The van der Waals surface area contributed by atoms with E-state index >= 15 is 0 Å². The molecule has 0 aliphatic rings. The van der Waals surface area contributed by atoms with Gasteiger partial charge in [-0.3, -0.25) is 0 Å². The number of fused-ring (bicyclic) bond motifs is 1. The lowest BCUT2D eigenvalue weighted by Gasteiger charge is -1.97. The Bertz CT molecular complexity index is 411. The van der Waals surface area contributed by atoms with E-state index in [1.54, 1.807) is 11.8 Å². The lowest BCUT2D eigenvalue weighted by Crippen LogP contribution is -2.05. The molecular weight excluding hydrogens is 179 g/mol. The lowest BCUT2D eigenvalue weighted by atomic mass is 9.91. The molecule has 0 saturated carbocycles. The first-order valence-corrected chi connectivity index (χ1v) is 5.23. The van der Waals surface area contributed by atoms with Crippen molar-refractivity contribution in [2.24, 2.45) is 0 Å². The normalized spacial score (nSPS) is 10.9. The number of aryl methyl sites for hydroxylation is 1. The van der Waals surface area contributed by atoms with Gasteiger partial charge in [-0.25, -0.2) is 4.98 Å². The Morgan fingerprint density at radius 1 is 1.46 bits per heavy atom. The molecule has 0 aliphatic carbocycles. The second kappa shape index (κ2) is 3.11. The van der Waals surface area contributed by atoms with Crippen molar-refractivity contribution in [3.8, 4) is 0 Å². The summed E-state index contributed by atoms with van der Waals surface area (Å²) in [5, 5.41) is 0.931. The molecule has 0 spiro atoms. The van der Waals surface area contributed by atoms with Gasteiger partial charge in [0.2, 0.25) is 0 Å². The fraction of sp³-hybridized carbons (Fsp3) is 0.222. The highest BCUT2D eigenvalue weighted by atomic mass is 32.2. The molecule has 2 rings (SSSR count). The van der Waals surface area contributed by atoms with Gasteiger partial charge in [0, 0.05) is 0 Å². The minimum atomic E-state index is 0.809. The molecule has 0 atom stereocenters. The van der Waals surface area contributed by atoms with Crippen molar-refractivity contribution in [2.45, 2.75) is 12.1 Å². The highest BCUT2D eigenvalue weighted by Gasteiger charge is 2.02. The number of aromatic nitrogens is 2. The van der Waals surface area contributed by atoms with Crippen molar-refractivity contribution in [1.82, 2.24) is 9.97 Å². The average Bonchev–Trinajstić information content (AvgIpc) is 2.48. The van der Waals surface area contributed by atoms with Crippen LogP contribution < -0.4 is 5.46 Å². The Hall–Kier alpha value is -0.895. The highest BCUT2D eigenvalue weighted by molar-refractivity contribution is 7.98. The number of rotatable bonds is 1. The number of hydrogen-bond donors (Lipinski definition) is 1. The van der Waals surface area contributed by atoms with E-state index in [1.807, 2.05) is 25.3 Å². The van der Waals surface area contributed by atoms with Crippen molar-refractivity contribution < 1.29 is 0 Å². The van der Waals surface area contributed by atoms with Crippen LogP contribution in [0.25, 0.3) is 11.0 Å². The van der Waals surface area contributed by atoms with Crippen molar-refractivity contribution in [3.05, 3.63) is 17.7 Å². The Labute approximate surface area is 82.5 Å². The summed E-state index contributed by atoms with van der Waals surface area (Å²) in [6.07, 6.45) is 1.99. The smallest absolute Gasteiger partial charge is 0.166 e. The molecule has 1 aromatic carbocycles. The van der Waals surface area contributed by atoms with E-state index in [0.717, 1.165) is 27.2 Å². The van der Waals surface area contributed by atoms with Crippen LogP contribution in [0.1, 0.15) is 5.56 Å². The molecule has 1 aromatic heterocycles. The van der Waals surface area contributed by atoms with Crippen LogP contribution in [-0.4, -0.2) is 24.1 Å². The van der Waals surface area contributed by atoms with Gasteiger partial charge >= 0.3 is 0 Å². The predicted octanol–water partition coefficient (Wildman–Crippen LogP) is 1.39. The average molecular weight is 188 g/mol. The van der Waals surface area contributed by atoms with E-state index in [9.17, 15) is 0 Å². The van der Waals surface area contributed by atoms with Crippen LogP contribution in [0, 0.1) is 6.92 Å². The van der Waals surface area contributed by atoms with Crippen molar-refractivity contribution >= 4 is 36.1 Å². The summed E-state index contributed by atoms with van der Waals surface area (Å²) in [5.74, 6) is 0. The topological polar surface area (TPSA) is 28.7 Å². The standard InChI is InChI=1S/C9H9BN2S/c1-5-3-7-8(4-6(5)10)12-9(11-7)13-2/h3-4H,1-2H3,(H,11,12). The summed E-state index contributed by atoms with van der Waals surface area (Å²) in [7, 11) is 5.78. The quantitative estimate of drug-likeness (QED) is 0.541. The van der Waals surface area contributed by atoms with Crippen molar-refractivity contribution in [3.63, 3.8) is 0 Å². The second-order valence-electron chi connectivity index (χ2n) is 2.97. The number of thioether (sulfide) groups is 1. The first kappa shape index (κ1) is 8.69. The maximum Gasteiger partial charge on any atom is 0.166 e. The third-order valence-electron chi connectivity index (χ3n) is 2.04. The van der Waals surface area contributed by atoms with Gasteiger partial charge in [0.1, 0.15) is 7.85 Å². The molecule has 0 saturated heterocycles. The highest BCUT2D eigenvalue weighted by Crippen LogP contribution is 2.16. The molecule has 13 heavy (non-hydrogen) atoms. The fourth-order valence-corrected chi connectivity index (χ4v) is 1.65. The van der Waals surface area contributed by atoms with E-state index in [1.165, 1.54) is 0 Å². The van der Waals surface area contributed by atoms with Crippen molar-refractivity contribution in [1.29, 1.82) is 0 Å². The molecule has 0 amide bonds. The molecule has 0 unspecified atom stereocenters. The zero-order valence-electron chi connectivity index (χ0n) is 7.59. The molecular formula is C9H9BN2S. The monoisotopic (exact) mass is 188 g/mol. The molecule has 0 aliphatic heterocycles. The summed E-state index contributed by atoms with van der Waals surface area (Å²) in [5.41, 5.74) is 3.87. The fourth-order valence-electron chi connectivity index (χ4n) is 1.25. The Morgan fingerprint density at radius 3 is 2.92 bits per heavy atom. The van der Waals surface area contributed by atoms with E-state index in [4.69, 9.17) is 7.85 Å². The molecule has 1 N–H and O–H groups in total. The molecule has 0 fully saturated rings. The largest absolute Gasteiger partial charge is 0.333 e. The van der Waals surface area contributed by atoms with Gasteiger partial charge < -0.3 is 4.98 Å². The van der Waals surface area contributed by atoms with E-state index in [-0.39, 0.29) is 0 Å². The number of nitrogens with one attached hydrogen (secondary N) is 1. The Morgan fingerprint density at radius 2 is 2.23 bits per heavy atom. The van der Waals surface area contributed by atoms with Crippen LogP contribution in [0.4, 0.5) is 0 Å². The molecule has 4 heteroatoms. The van der Waals surface area contributed by atoms with Gasteiger partial charge in [-0.1, -0.05) is 22.8 Å². The van der Waals surface area contributed by atoms with Crippen LogP contribution in [0.2, 0.25) is 0 Å². The van der Waals surface area contributed by atoms with Gasteiger partial charge in [-0.05, 0) is 25.3 Å². The van der Waals surface area contributed by atoms with Gasteiger partial charge in [0.05, 0.1) is 11.0 Å². The van der Waals surface area contributed by atoms with Gasteiger partial charge in [0.15, 0.2) is 5.16 Å². The minimum absolute atomic E-state index is 0.809. The van der Waals surface area contributed by atoms with Crippen LogP contribution in [0.15, 0.2) is 17.3 Å². The van der Waals surface area contributed by atoms with Crippen molar-refractivity contribution in [2.75, 3.05) is 6.26 Å². The van der Waals surface area contributed by atoms with E-state index in [2.05, 4.69) is 9.97 Å². The zero-order chi connectivity index (χ0) is 9.42. The SMILES string of the molecule is [B]c1cc2[nH]c(SC)nc2cc1C. The van der Waals surface area contributed by atoms with Crippen LogP contribution in [-0.2, 0) is 0 Å². The van der Waals surface area contributed by atoms with Gasteiger partial charge in [-0.15, -0.1) is 0 Å². The first-order chi connectivity index (χ1) is 6.20. The summed E-state index contributed by atoms with van der Waals surface area (Å²) in [6, 6.07) is 3.93. The maximum atomic E-state index is 5.78. The van der Waals surface area contributed by atoms with E-state index < -0.39 is 0 Å². The lowest BCUT2D eigenvalue weighted by molar-refractivity contribution is 1.09. The summed E-state index contributed by atoms with van der Waals surface area (Å²) >= 11 is 1.60. The molecule has 64 valence electrons. The van der Waals surface area contributed by atoms with Gasteiger partial charge in [0.25, 0.3) is 0 Å². The van der Waals surface area contributed by atoms with Crippen LogP contribution in [0.3, 0.4) is 0 Å². The number of nitrogens with zero attached hydrogens (tertiary/aromatic N) is 1. The summed E-state index contributed by atoms with van der Waals surface area (Å²) < 4.78 is 0. The number of H-pyrrole nitrogens is 1. The zero-order valence-corrected chi connectivity index (χ0v) is 8.40. The Kier molecular flexibility index (Phi) is 2.08. The third-order valence-corrected chi connectivity index (χ3v) is 2.62. The number of imidazole rings is 1. The second-order valence-corrected chi connectivity index (χ2v) is 3.77. The van der Waals surface area contributed by atoms with E-state index in [0.29, 0.717) is 0 Å². The minimum Gasteiger partial charge on any atom is -0.333 e. The molecule has 2 radical (unpaired) electrons. The summed E-state index contributed by atoms with van der Waals surface area (Å²) in [6.45, 7) is 1.99. The van der Waals surface area contributed by atoms with Gasteiger partial charge in [-0.2, -0.15) is 0 Å². The molecule has 2 aromatic rings. The van der Waals surface area contributed by atoms with Crippen LogP contribution >= 0.6 is 11.8 Å².